The average molecular weight is 258 g/mol. The quantitative estimate of drug-likeness (QED) is 0.896. The highest BCUT2D eigenvalue weighted by Crippen LogP contribution is 2.30. The minimum absolute atomic E-state index is 0.529. The lowest BCUT2D eigenvalue weighted by Gasteiger charge is -2.32. The second kappa shape index (κ2) is 5.21. The summed E-state index contributed by atoms with van der Waals surface area (Å²) in [6.07, 6.45) is 6.16. The zero-order valence-electron chi connectivity index (χ0n) is 11.5. The number of rotatable bonds is 5. The number of pyridine rings is 1. The molecule has 0 radical (unpaired) electrons. The average Bonchev–Trinajstić information content (AvgIpc) is 2.76. The van der Waals surface area contributed by atoms with E-state index in [1.807, 2.05) is 24.4 Å². The van der Waals surface area contributed by atoms with Gasteiger partial charge >= 0.3 is 0 Å². The number of nitrogens with two attached hydrogens (primary N) is 1. The normalized spacial score (nSPS) is 15.7. The van der Waals surface area contributed by atoms with Gasteiger partial charge in [-0.2, -0.15) is 0 Å². The lowest BCUT2D eigenvalue weighted by Crippen LogP contribution is -2.33. The van der Waals surface area contributed by atoms with E-state index >= 15 is 0 Å². The first-order valence-electron chi connectivity index (χ1n) is 7.24. The largest absolute Gasteiger partial charge is 0.355 e. The van der Waals surface area contributed by atoms with Gasteiger partial charge < -0.3 is 15.0 Å². The van der Waals surface area contributed by atoms with Crippen LogP contribution in [-0.4, -0.2) is 22.5 Å². The maximum absolute atomic E-state index is 5.94. The molecule has 4 heteroatoms. The molecule has 1 aliphatic rings. The topological polar surface area (TPSA) is 46.6 Å². The number of nitrogens with zero attached hydrogens (tertiary/aromatic N) is 3. The molecule has 2 heterocycles. The van der Waals surface area contributed by atoms with E-state index in [1.165, 1.54) is 19.3 Å². The molecule has 0 atom stereocenters. The maximum Gasteiger partial charge on any atom is 0.152 e. The summed E-state index contributed by atoms with van der Waals surface area (Å²) in [5.74, 6) is 1.92. The number of anilines is 1. The molecule has 0 saturated heterocycles. The maximum atomic E-state index is 5.94. The standard InChI is InChI=1S/C15H22N4/c1-2-18(11-12-6-5-7-12)15-13(10-16)19-9-4-3-8-14(19)17-15/h3-4,8-9,12H,2,5-7,10-11,16H2,1H3. The van der Waals surface area contributed by atoms with Gasteiger partial charge in [-0.15, -0.1) is 0 Å². The van der Waals surface area contributed by atoms with Crippen molar-refractivity contribution in [2.24, 2.45) is 11.7 Å². The SMILES string of the molecule is CCN(CC1CCC1)c1nc2ccccn2c1CN. The van der Waals surface area contributed by atoms with Crippen molar-refractivity contribution in [2.45, 2.75) is 32.7 Å². The van der Waals surface area contributed by atoms with Crippen molar-refractivity contribution in [2.75, 3.05) is 18.0 Å². The number of fused-ring (bicyclic) bond motifs is 1. The van der Waals surface area contributed by atoms with Crippen molar-refractivity contribution in [3.05, 3.63) is 30.1 Å². The fourth-order valence-corrected chi connectivity index (χ4v) is 2.83. The molecule has 1 saturated carbocycles. The van der Waals surface area contributed by atoms with E-state index in [4.69, 9.17) is 10.7 Å². The van der Waals surface area contributed by atoms with Crippen molar-refractivity contribution >= 4 is 11.5 Å². The van der Waals surface area contributed by atoms with Crippen molar-refractivity contribution in [1.29, 1.82) is 0 Å². The van der Waals surface area contributed by atoms with Crippen LogP contribution < -0.4 is 10.6 Å². The summed E-state index contributed by atoms with van der Waals surface area (Å²) in [6, 6.07) is 6.09. The lowest BCUT2D eigenvalue weighted by atomic mass is 9.85. The summed E-state index contributed by atoms with van der Waals surface area (Å²) in [5, 5.41) is 0. The summed E-state index contributed by atoms with van der Waals surface area (Å²) < 4.78 is 2.11. The predicted molar refractivity (Wildman–Crippen MR) is 78.3 cm³/mol. The molecule has 1 fully saturated rings. The van der Waals surface area contributed by atoms with Gasteiger partial charge in [0.1, 0.15) is 5.65 Å². The van der Waals surface area contributed by atoms with Gasteiger partial charge in [0.2, 0.25) is 0 Å². The molecule has 2 aromatic rings. The zero-order valence-corrected chi connectivity index (χ0v) is 11.5. The molecule has 0 bridgehead atoms. The van der Waals surface area contributed by atoms with E-state index in [-0.39, 0.29) is 0 Å². The Labute approximate surface area is 114 Å². The van der Waals surface area contributed by atoms with Crippen LogP contribution in [-0.2, 0) is 6.54 Å². The second-order valence-electron chi connectivity index (χ2n) is 5.35. The molecule has 3 rings (SSSR count). The Kier molecular flexibility index (Phi) is 3.42. The van der Waals surface area contributed by atoms with Gasteiger partial charge in [-0.05, 0) is 37.8 Å². The second-order valence-corrected chi connectivity index (χ2v) is 5.35. The van der Waals surface area contributed by atoms with Crippen LogP contribution in [0.2, 0.25) is 0 Å². The van der Waals surface area contributed by atoms with Crippen LogP contribution in [0.3, 0.4) is 0 Å². The number of aromatic nitrogens is 2. The number of hydrogen-bond acceptors (Lipinski definition) is 3. The first-order valence-corrected chi connectivity index (χ1v) is 7.24. The molecule has 102 valence electrons. The van der Waals surface area contributed by atoms with E-state index in [1.54, 1.807) is 0 Å². The minimum atomic E-state index is 0.529. The van der Waals surface area contributed by atoms with E-state index in [9.17, 15) is 0 Å². The lowest BCUT2D eigenvalue weighted by molar-refractivity contribution is 0.318. The van der Waals surface area contributed by atoms with Gasteiger partial charge in [-0.3, -0.25) is 0 Å². The summed E-state index contributed by atoms with van der Waals surface area (Å²) in [7, 11) is 0. The third-order valence-corrected chi connectivity index (χ3v) is 4.19. The Hall–Kier alpha value is -1.55. The first kappa shape index (κ1) is 12.5. The molecule has 19 heavy (non-hydrogen) atoms. The van der Waals surface area contributed by atoms with Crippen LogP contribution in [0, 0.1) is 5.92 Å². The van der Waals surface area contributed by atoms with Gasteiger partial charge in [-0.1, -0.05) is 12.5 Å². The van der Waals surface area contributed by atoms with Gasteiger partial charge in [0.05, 0.1) is 5.69 Å². The minimum Gasteiger partial charge on any atom is -0.355 e. The van der Waals surface area contributed by atoms with Crippen molar-refractivity contribution in [1.82, 2.24) is 9.38 Å². The third kappa shape index (κ3) is 2.21. The molecule has 0 aromatic carbocycles. The van der Waals surface area contributed by atoms with Gasteiger partial charge in [-0.25, -0.2) is 4.98 Å². The van der Waals surface area contributed by atoms with Crippen LogP contribution >= 0.6 is 0 Å². The molecule has 1 aliphatic carbocycles. The molecule has 4 nitrogen and oxygen atoms in total. The van der Waals surface area contributed by atoms with Crippen molar-refractivity contribution in [3.63, 3.8) is 0 Å². The fraction of sp³-hybridized carbons (Fsp3) is 0.533. The predicted octanol–water partition coefficient (Wildman–Crippen LogP) is 2.42. The molecule has 2 N–H and O–H groups in total. The molecule has 0 aliphatic heterocycles. The third-order valence-electron chi connectivity index (χ3n) is 4.19. The van der Waals surface area contributed by atoms with Crippen LogP contribution in [0.5, 0.6) is 0 Å². The van der Waals surface area contributed by atoms with Gasteiger partial charge in [0.15, 0.2) is 5.82 Å². The Morgan fingerprint density at radius 2 is 2.26 bits per heavy atom. The molecule has 2 aromatic heterocycles. The summed E-state index contributed by atoms with van der Waals surface area (Å²) >= 11 is 0. The molecular formula is C15H22N4. The molecule has 0 amide bonds. The van der Waals surface area contributed by atoms with Gasteiger partial charge in [0.25, 0.3) is 0 Å². The van der Waals surface area contributed by atoms with E-state index in [0.29, 0.717) is 6.54 Å². The Morgan fingerprint density at radius 1 is 1.42 bits per heavy atom. The van der Waals surface area contributed by atoms with Crippen molar-refractivity contribution < 1.29 is 0 Å². The molecule has 0 spiro atoms. The smallest absolute Gasteiger partial charge is 0.152 e. The summed E-state index contributed by atoms with van der Waals surface area (Å²) in [5.41, 5.74) is 8.06. The molecule has 0 unspecified atom stereocenters. The Balaban J connectivity index is 1.96. The van der Waals surface area contributed by atoms with Gasteiger partial charge in [0, 0.05) is 25.8 Å². The van der Waals surface area contributed by atoms with Crippen LogP contribution in [0.25, 0.3) is 5.65 Å². The Bertz CT molecular complexity index is 556. The van der Waals surface area contributed by atoms with E-state index in [0.717, 1.165) is 36.2 Å². The van der Waals surface area contributed by atoms with Crippen molar-refractivity contribution in [3.8, 4) is 0 Å². The summed E-state index contributed by atoms with van der Waals surface area (Å²) in [4.78, 5) is 7.16. The highest BCUT2D eigenvalue weighted by molar-refractivity contribution is 5.56. The van der Waals surface area contributed by atoms with E-state index < -0.39 is 0 Å². The highest BCUT2D eigenvalue weighted by Gasteiger charge is 2.23. The van der Waals surface area contributed by atoms with Crippen LogP contribution in [0.4, 0.5) is 5.82 Å². The van der Waals surface area contributed by atoms with Crippen LogP contribution in [0.15, 0.2) is 24.4 Å². The first-order chi connectivity index (χ1) is 9.33. The highest BCUT2D eigenvalue weighted by atomic mass is 15.2. The fourth-order valence-electron chi connectivity index (χ4n) is 2.83. The number of imidazole rings is 1. The Morgan fingerprint density at radius 3 is 2.89 bits per heavy atom. The van der Waals surface area contributed by atoms with Crippen LogP contribution in [0.1, 0.15) is 31.9 Å². The monoisotopic (exact) mass is 258 g/mol. The summed E-state index contributed by atoms with van der Waals surface area (Å²) in [6.45, 7) is 4.84. The molecular weight excluding hydrogens is 236 g/mol. The number of hydrogen-bond donors (Lipinski definition) is 1. The van der Waals surface area contributed by atoms with E-state index in [2.05, 4.69) is 16.2 Å². The zero-order chi connectivity index (χ0) is 13.2.